The normalized spacial score (nSPS) is 24.6. The second-order valence-corrected chi connectivity index (χ2v) is 4.79. The first-order valence-electron chi connectivity index (χ1n) is 5.94. The SMILES string of the molecule is NC1(c2ccc(C(F)(F)F)c(F)c2)CCCCC1=O. The summed E-state index contributed by atoms with van der Waals surface area (Å²) in [6.45, 7) is 0. The maximum atomic E-state index is 13.5. The van der Waals surface area contributed by atoms with Crippen LogP contribution in [-0.2, 0) is 16.5 Å². The zero-order valence-electron chi connectivity index (χ0n) is 10.1. The van der Waals surface area contributed by atoms with Gasteiger partial charge in [0, 0.05) is 6.42 Å². The third kappa shape index (κ3) is 2.49. The highest BCUT2D eigenvalue weighted by atomic mass is 19.4. The topological polar surface area (TPSA) is 43.1 Å². The summed E-state index contributed by atoms with van der Waals surface area (Å²) in [5.74, 6) is -1.65. The van der Waals surface area contributed by atoms with E-state index in [0.29, 0.717) is 25.3 Å². The molecule has 2 rings (SSSR count). The first-order chi connectivity index (χ1) is 8.75. The molecule has 6 heteroatoms. The summed E-state index contributed by atoms with van der Waals surface area (Å²) in [6, 6.07) is 2.46. The number of carbonyl (C=O) groups is 1. The van der Waals surface area contributed by atoms with E-state index < -0.39 is 23.1 Å². The third-order valence-corrected chi connectivity index (χ3v) is 3.51. The van der Waals surface area contributed by atoms with Crippen LogP contribution in [0.5, 0.6) is 0 Å². The van der Waals surface area contributed by atoms with Gasteiger partial charge in [-0.15, -0.1) is 0 Å². The van der Waals surface area contributed by atoms with Crippen molar-refractivity contribution in [1.29, 1.82) is 0 Å². The van der Waals surface area contributed by atoms with E-state index in [2.05, 4.69) is 0 Å². The van der Waals surface area contributed by atoms with Crippen molar-refractivity contribution in [3.05, 3.63) is 35.1 Å². The van der Waals surface area contributed by atoms with Crippen molar-refractivity contribution >= 4 is 5.78 Å². The van der Waals surface area contributed by atoms with Gasteiger partial charge >= 0.3 is 6.18 Å². The first kappa shape index (κ1) is 14.0. The molecule has 1 fully saturated rings. The number of nitrogens with two attached hydrogens (primary N) is 1. The van der Waals surface area contributed by atoms with Crippen molar-refractivity contribution in [2.24, 2.45) is 5.73 Å². The standard InChI is InChI=1S/C13H13F4NO/c14-10-7-8(4-5-9(10)13(15,16)17)12(18)6-2-1-3-11(12)19/h4-5,7H,1-3,6,18H2. The number of benzene rings is 1. The molecule has 1 aliphatic carbocycles. The second-order valence-electron chi connectivity index (χ2n) is 4.79. The van der Waals surface area contributed by atoms with Gasteiger partial charge in [-0.1, -0.05) is 12.5 Å². The van der Waals surface area contributed by atoms with Crippen molar-refractivity contribution in [2.45, 2.75) is 37.4 Å². The van der Waals surface area contributed by atoms with Crippen molar-refractivity contribution < 1.29 is 22.4 Å². The van der Waals surface area contributed by atoms with Crippen LogP contribution in [0.2, 0.25) is 0 Å². The molecule has 0 bridgehead atoms. The molecule has 1 aromatic rings. The molecule has 1 atom stereocenters. The summed E-state index contributed by atoms with van der Waals surface area (Å²) in [5.41, 5.74) is 3.37. The van der Waals surface area contributed by atoms with Gasteiger partial charge in [0.2, 0.25) is 0 Å². The summed E-state index contributed by atoms with van der Waals surface area (Å²) in [5, 5.41) is 0. The molecule has 0 amide bonds. The number of rotatable bonds is 1. The molecule has 1 saturated carbocycles. The number of Topliss-reactive ketones (excluding diaryl/α,β-unsaturated/α-hetero) is 1. The smallest absolute Gasteiger partial charge is 0.315 e. The fourth-order valence-corrected chi connectivity index (χ4v) is 2.38. The van der Waals surface area contributed by atoms with E-state index in [1.54, 1.807) is 0 Å². The molecule has 0 saturated heterocycles. The number of halogens is 4. The van der Waals surface area contributed by atoms with Crippen molar-refractivity contribution in [1.82, 2.24) is 0 Å². The molecular formula is C13H13F4NO. The van der Waals surface area contributed by atoms with Crippen molar-refractivity contribution in [2.75, 3.05) is 0 Å². The molecule has 104 valence electrons. The third-order valence-electron chi connectivity index (χ3n) is 3.51. The molecule has 0 aliphatic heterocycles. The van der Waals surface area contributed by atoms with Crippen molar-refractivity contribution in [3.63, 3.8) is 0 Å². The minimum absolute atomic E-state index is 0.114. The predicted molar refractivity (Wildman–Crippen MR) is 60.7 cm³/mol. The molecule has 0 heterocycles. The van der Waals surface area contributed by atoms with Gasteiger partial charge in [-0.25, -0.2) is 4.39 Å². The van der Waals surface area contributed by atoms with E-state index in [4.69, 9.17) is 5.73 Å². The zero-order chi connectivity index (χ0) is 14.3. The van der Waals surface area contributed by atoms with Crippen LogP contribution in [0, 0.1) is 5.82 Å². The summed E-state index contributed by atoms with van der Waals surface area (Å²) in [4.78, 5) is 11.8. The van der Waals surface area contributed by atoms with E-state index in [1.165, 1.54) is 0 Å². The van der Waals surface area contributed by atoms with Crippen LogP contribution in [0.25, 0.3) is 0 Å². The minimum Gasteiger partial charge on any atom is -0.315 e. The fourth-order valence-electron chi connectivity index (χ4n) is 2.38. The van der Waals surface area contributed by atoms with Gasteiger partial charge in [-0.3, -0.25) is 4.79 Å². The Balaban J connectivity index is 2.42. The lowest BCUT2D eigenvalue weighted by molar-refractivity contribution is -0.140. The predicted octanol–water partition coefficient (Wildman–Crippen LogP) is 3.14. The largest absolute Gasteiger partial charge is 0.419 e. The average molecular weight is 275 g/mol. The molecule has 1 aromatic carbocycles. The molecule has 0 spiro atoms. The number of alkyl halides is 3. The summed E-state index contributed by atoms with van der Waals surface area (Å²) < 4.78 is 50.9. The molecule has 0 radical (unpaired) electrons. The van der Waals surface area contributed by atoms with Gasteiger partial charge in [0.15, 0.2) is 5.78 Å². The Morgan fingerprint density at radius 3 is 2.42 bits per heavy atom. The van der Waals surface area contributed by atoms with Gasteiger partial charge in [-0.2, -0.15) is 13.2 Å². The Bertz CT molecular complexity index is 512. The van der Waals surface area contributed by atoms with Gasteiger partial charge in [0.05, 0.1) is 5.56 Å². The van der Waals surface area contributed by atoms with Crippen LogP contribution in [0.1, 0.15) is 36.8 Å². The van der Waals surface area contributed by atoms with E-state index in [1.807, 2.05) is 0 Å². The zero-order valence-corrected chi connectivity index (χ0v) is 10.1. The summed E-state index contributed by atoms with van der Waals surface area (Å²) >= 11 is 0. The molecular weight excluding hydrogens is 262 g/mol. The number of ketones is 1. The quantitative estimate of drug-likeness (QED) is 0.800. The molecule has 2 N–H and O–H groups in total. The van der Waals surface area contributed by atoms with E-state index in [-0.39, 0.29) is 17.8 Å². The fraction of sp³-hybridized carbons (Fsp3) is 0.462. The highest BCUT2D eigenvalue weighted by molar-refractivity contribution is 5.90. The van der Waals surface area contributed by atoms with Crippen LogP contribution >= 0.6 is 0 Å². The number of carbonyl (C=O) groups excluding carboxylic acids is 1. The van der Waals surface area contributed by atoms with E-state index in [0.717, 1.165) is 12.1 Å². The molecule has 0 aromatic heterocycles. The molecule has 1 unspecified atom stereocenters. The lowest BCUT2D eigenvalue weighted by atomic mass is 9.76. The lowest BCUT2D eigenvalue weighted by Crippen LogP contribution is -2.47. The highest BCUT2D eigenvalue weighted by Gasteiger charge is 2.40. The van der Waals surface area contributed by atoms with E-state index in [9.17, 15) is 22.4 Å². The average Bonchev–Trinajstić information content (AvgIpc) is 2.31. The molecule has 19 heavy (non-hydrogen) atoms. The maximum Gasteiger partial charge on any atom is 0.419 e. The first-order valence-corrected chi connectivity index (χ1v) is 5.94. The lowest BCUT2D eigenvalue weighted by Gasteiger charge is -2.32. The Morgan fingerprint density at radius 2 is 1.89 bits per heavy atom. The summed E-state index contributed by atoms with van der Waals surface area (Å²) in [7, 11) is 0. The van der Waals surface area contributed by atoms with Crippen LogP contribution in [0.4, 0.5) is 17.6 Å². The Hall–Kier alpha value is -1.43. The summed E-state index contributed by atoms with van der Waals surface area (Å²) in [6.07, 6.45) is -2.73. The van der Waals surface area contributed by atoms with Crippen LogP contribution in [0.3, 0.4) is 0 Å². The number of hydrogen-bond donors (Lipinski definition) is 1. The monoisotopic (exact) mass is 275 g/mol. The van der Waals surface area contributed by atoms with Gasteiger partial charge in [-0.05, 0) is 30.5 Å². The van der Waals surface area contributed by atoms with Crippen LogP contribution in [-0.4, -0.2) is 5.78 Å². The van der Waals surface area contributed by atoms with Gasteiger partial charge in [0.25, 0.3) is 0 Å². The highest BCUT2D eigenvalue weighted by Crippen LogP contribution is 2.36. The Morgan fingerprint density at radius 1 is 1.21 bits per heavy atom. The van der Waals surface area contributed by atoms with Crippen LogP contribution in [0.15, 0.2) is 18.2 Å². The minimum atomic E-state index is -4.75. The maximum absolute atomic E-state index is 13.5. The molecule has 2 nitrogen and oxygen atoms in total. The van der Waals surface area contributed by atoms with Gasteiger partial charge in [0.1, 0.15) is 11.4 Å². The molecule has 1 aliphatic rings. The number of hydrogen-bond acceptors (Lipinski definition) is 2. The second kappa shape index (κ2) is 4.59. The van der Waals surface area contributed by atoms with Crippen LogP contribution < -0.4 is 5.73 Å². The Kier molecular flexibility index (Phi) is 3.38. The van der Waals surface area contributed by atoms with Crippen molar-refractivity contribution in [3.8, 4) is 0 Å². The van der Waals surface area contributed by atoms with Gasteiger partial charge < -0.3 is 5.73 Å². The Labute approximate surface area is 107 Å². The van der Waals surface area contributed by atoms with E-state index >= 15 is 0 Å².